The first-order valence-electron chi connectivity index (χ1n) is 7.84. The lowest BCUT2D eigenvalue weighted by atomic mass is 10.0. The van der Waals surface area contributed by atoms with Crippen LogP contribution in [0, 0.1) is 6.92 Å². The minimum Gasteiger partial charge on any atom is -0.377 e. The van der Waals surface area contributed by atoms with Gasteiger partial charge in [-0.2, -0.15) is 4.31 Å². The summed E-state index contributed by atoms with van der Waals surface area (Å²) in [7, 11) is -3.36. The van der Waals surface area contributed by atoms with Crippen LogP contribution in [0.5, 0.6) is 0 Å². The molecule has 7 nitrogen and oxygen atoms in total. The van der Waals surface area contributed by atoms with Crippen molar-refractivity contribution in [2.24, 2.45) is 0 Å². The average molecular weight is 354 g/mol. The zero-order valence-corrected chi connectivity index (χ0v) is 14.7. The number of amides is 1. The molecule has 8 heteroatoms. The third kappa shape index (κ3) is 3.46. The summed E-state index contributed by atoms with van der Waals surface area (Å²) in [5, 5.41) is 0. The maximum atomic E-state index is 12.4. The largest absolute Gasteiger partial charge is 0.377 e. The van der Waals surface area contributed by atoms with Crippen LogP contribution in [-0.4, -0.2) is 69.9 Å². The van der Waals surface area contributed by atoms with Crippen molar-refractivity contribution in [3.63, 3.8) is 0 Å². The van der Waals surface area contributed by atoms with Gasteiger partial charge in [-0.3, -0.25) is 4.79 Å². The van der Waals surface area contributed by atoms with Gasteiger partial charge in [-0.25, -0.2) is 8.42 Å². The second-order valence-electron chi connectivity index (χ2n) is 6.39. The first-order chi connectivity index (χ1) is 11.3. The molecule has 0 N–H and O–H groups in total. The second kappa shape index (κ2) is 6.44. The number of hydrogen-bond acceptors (Lipinski definition) is 5. The van der Waals surface area contributed by atoms with Crippen LogP contribution in [0.15, 0.2) is 24.3 Å². The zero-order chi connectivity index (χ0) is 17.4. The van der Waals surface area contributed by atoms with Gasteiger partial charge in [0.05, 0.1) is 26.0 Å². The first-order valence-corrected chi connectivity index (χ1v) is 9.68. The molecule has 2 aliphatic rings. The fraction of sp³-hybridized carbons (Fsp3) is 0.562. The van der Waals surface area contributed by atoms with Crippen LogP contribution >= 0.6 is 0 Å². The summed E-state index contributed by atoms with van der Waals surface area (Å²) in [6.45, 7) is 3.17. The van der Waals surface area contributed by atoms with Crippen LogP contribution in [0.1, 0.15) is 5.56 Å². The van der Waals surface area contributed by atoms with Crippen molar-refractivity contribution in [1.82, 2.24) is 4.31 Å². The van der Waals surface area contributed by atoms with Crippen LogP contribution in [-0.2, 0) is 24.3 Å². The molecule has 0 saturated carbocycles. The van der Waals surface area contributed by atoms with E-state index in [1.54, 1.807) is 4.90 Å². The van der Waals surface area contributed by atoms with Crippen molar-refractivity contribution in [1.29, 1.82) is 0 Å². The van der Waals surface area contributed by atoms with Gasteiger partial charge in [-0.1, -0.05) is 18.2 Å². The number of anilines is 1. The molecule has 2 fully saturated rings. The minimum atomic E-state index is -3.36. The highest BCUT2D eigenvalue weighted by Gasteiger charge is 2.45. The summed E-state index contributed by atoms with van der Waals surface area (Å²) in [5.41, 5.74) is 0.952. The fourth-order valence-corrected chi connectivity index (χ4v) is 4.01. The van der Waals surface area contributed by atoms with E-state index in [9.17, 15) is 13.2 Å². The number of nitrogens with zero attached hydrogens (tertiary/aromatic N) is 2. The molecular weight excluding hydrogens is 332 g/mol. The van der Waals surface area contributed by atoms with Gasteiger partial charge in [-0.05, 0) is 18.6 Å². The zero-order valence-electron chi connectivity index (χ0n) is 13.9. The summed E-state index contributed by atoms with van der Waals surface area (Å²) in [4.78, 5) is 14.0. The van der Waals surface area contributed by atoms with Crippen molar-refractivity contribution in [3.05, 3.63) is 29.8 Å². The molecule has 1 amide bonds. The molecule has 1 spiro atoms. The van der Waals surface area contributed by atoms with E-state index in [-0.39, 0.29) is 32.2 Å². The van der Waals surface area contributed by atoms with Gasteiger partial charge in [0.1, 0.15) is 12.2 Å². The van der Waals surface area contributed by atoms with E-state index in [1.807, 2.05) is 31.2 Å². The van der Waals surface area contributed by atoms with Gasteiger partial charge in [0, 0.05) is 18.8 Å². The van der Waals surface area contributed by atoms with Crippen molar-refractivity contribution in [3.8, 4) is 0 Å². The molecule has 0 aromatic heterocycles. The number of morpholine rings is 1. The number of aryl methyl sites for hydroxylation is 1. The molecular formula is C16H22N2O5S. The summed E-state index contributed by atoms with van der Waals surface area (Å²) in [5.74, 6) is -0.134. The minimum absolute atomic E-state index is 0.0880. The number of carbonyl (C=O) groups is 1. The highest BCUT2D eigenvalue weighted by atomic mass is 32.2. The standard InChI is InChI=1S/C16H22N2O5S/c1-13-5-3-4-6-14(13)18-11-16(23-9-15(18)19)10-17(24(2,20)21)7-8-22-12-16/h3-6H,7-12H2,1-2H3. The average Bonchev–Trinajstić information content (AvgIpc) is 2.73. The Morgan fingerprint density at radius 3 is 2.67 bits per heavy atom. The number of carbonyl (C=O) groups excluding carboxylic acids is 1. The third-order valence-corrected chi connectivity index (χ3v) is 5.69. The van der Waals surface area contributed by atoms with Crippen molar-refractivity contribution in [2.45, 2.75) is 12.5 Å². The summed E-state index contributed by atoms with van der Waals surface area (Å²) in [6.07, 6.45) is 1.18. The molecule has 1 atom stereocenters. The van der Waals surface area contributed by atoms with Gasteiger partial charge < -0.3 is 14.4 Å². The molecule has 2 aliphatic heterocycles. The molecule has 2 saturated heterocycles. The highest BCUT2D eigenvalue weighted by molar-refractivity contribution is 7.88. The van der Waals surface area contributed by atoms with E-state index in [1.165, 1.54) is 10.6 Å². The Morgan fingerprint density at radius 1 is 1.21 bits per heavy atom. The van der Waals surface area contributed by atoms with Crippen LogP contribution in [0.2, 0.25) is 0 Å². The van der Waals surface area contributed by atoms with Gasteiger partial charge in [0.15, 0.2) is 0 Å². The second-order valence-corrected chi connectivity index (χ2v) is 8.37. The Hall–Kier alpha value is -1.48. The summed E-state index contributed by atoms with van der Waals surface area (Å²) < 4.78 is 36.7. The van der Waals surface area contributed by atoms with Crippen molar-refractivity contribution < 1.29 is 22.7 Å². The lowest BCUT2D eigenvalue weighted by Gasteiger charge is -2.43. The number of sulfonamides is 1. The van der Waals surface area contributed by atoms with Crippen LogP contribution in [0.3, 0.4) is 0 Å². The topological polar surface area (TPSA) is 76.2 Å². The molecule has 1 aromatic carbocycles. The summed E-state index contributed by atoms with van der Waals surface area (Å²) in [6, 6.07) is 7.62. The molecule has 0 bridgehead atoms. The Kier molecular flexibility index (Phi) is 4.65. The number of benzene rings is 1. The highest BCUT2D eigenvalue weighted by Crippen LogP contribution is 2.29. The maximum absolute atomic E-state index is 12.4. The van der Waals surface area contributed by atoms with Crippen molar-refractivity contribution >= 4 is 21.6 Å². The third-order valence-electron chi connectivity index (χ3n) is 4.44. The van der Waals surface area contributed by atoms with Crippen LogP contribution < -0.4 is 4.90 Å². The first kappa shape index (κ1) is 17.3. The SMILES string of the molecule is Cc1ccccc1N1CC2(COCCN(S(C)(=O)=O)C2)OCC1=O. The Morgan fingerprint density at radius 2 is 1.96 bits per heavy atom. The lowest BCUT2D eigenvalue weighted by Crippen LogP contribution is -2.61. The molecule has 24 heavy (non-hydrogen) atoms. The van der Waals surface area contributed by atoms with Crippen LogP contribution in [0.25, 0.3) is 0 Å². The summed E-state index contributed by atoms with van der Waals surface area (Å²) >= 11 is 0. The Balaban J connectivity index is 1.91. The fourth-order valence-electron chi connectivity index (χ4n) is 3.14. The van der Waals surface area contributed by atoms with E-state index in [0.29, 0.717) is 13.2 Å². The van der Waals surface area contributed by atoms with Crippen molar-refractivity contribution in [2.75, 3.05) is 50.6 Å². The normalized spacial score (nSPS) is 26.6. The lowest BCUT2D eigenvalue weighted by molar-refractivity contribution is -0.145. The number of hydrogen-bond donors (Lipinski definition) is 0. The number of para-hydroxylation sites is 1. The van der Waals surface area contributed by atoms with Crippen LogP contribution in [0.4, 0.5) is 5.69 Å². The molecule has 132 valence electrons. The monoisotopic (exact) mass is 354 g/mol. The predicted molar refractivity (Wildman–Crippen MR) is 89.5 cm³/mol. The predicted octanol–water partition coefficient (Wildman–Crippen LogP) is 0.389. The molecule has 1 unspecified atom stereocenters. The van der Waals surface area contributed by atoms with E-state index in [2.05, 4.69) is 0 Å². The van der Waals surface area contributed by atoms with Gasteiger partial charge >= 0.3 is 0 Å². The quantitative estimate of drug-likeness (QED) is 0.768. The van der Waals surface area contributed by atoms with Gasteiger partial charge in [0.2, 0.25) is 10.0 Å². The Bertz CT molecular complexity index is 736. The number of rotatable bonds is 2. The molecule has 3 rings (SSSR count). The maximum Gasteiger partial charge on any atom is 0.253 e. The van der Waals surface area contributed by atoms with E-state index >= 15 is 0 Å². The molecule has 0 radical (unpaired) electrons. The molecule has 1 aromatic rings. The number of ether oxygens (including phenoxy) is 2. The van der Waals surface area contributed by atoms with E-state index in [4.69, 9.17) is 9.47 Å². The van der Waals surface area contributed by atoms with Gasteiger partial charge in [0.25, 0.3) is 5.91 Å². The molecule has 2 heterocycles. The van der Waals surface area contributed by atoms with E-state index in [0.717, 1.165) is 11.3 Å². The smallest absolute Gasteiger partial charge is 0.253 e. The van der Waals surface area contributed by atoms with E-state index < -0.39 is 15.6 Å². The van der Waals surface area contributed by atoms with Gasteiger partial charge in [-0.15, -0.1) is 0 Å². The molecule has 0 aliphatic carbocycles. The Labute approximate surface area is 142 Å².